The van der Waals surface area contributed by atoms with Crippen LogP contribution in [-0.4, -0.2) is 137 Å². The molecule has 0 saturated carbocycles. The highest BCUT2D eigenvalue weighted by molar-refractivity contribution is 6.54. The molecule has 4 amide bonds. The molecule has 0 bridgehead atoms. The minimum absolute atomic E-state index is 0.165. The van der Waals surface area contributed by atoms with E-state index in [1.807, 2.05) is 81.4 Å². The van der Waals surface area contributed by atoms with Crippen molar-refractivity contribution in [2.75, 3.05) is 39.3 Å². The van der Waals surface area contributed by atoms with Crippen LogP contribution < -0.4 is 10.6 Å². The molecule has 1 saturated heterocycles. The van der Waals surface area contributed by atoms with Crippen molar-refractivity contribution in [3.8, 4) is 0 Å². The number of halogens is 2. The van der Waals surface area contributed by atoms with E-state index < -0.39 is 29.4 Å². The molecule has 2 N–H and O–H groups in total. The van der Waals surface area contributed by atoms with Crippen molar-refractivity contribution in [2.45, 2.75) is 157 Å². The van der Waals surface area contributed by atoms with Gasteiger partial charge in [-0.05, 0) is 116 Å². The molecule has 2 aromatic rings. The first-order valence-electron chi connectivity index (χ1n) is 23.6. The summed E-state index contributed by atoms with van der Waals surface area (Å²) in [6, 6.07) is 5.26. The lowest BCUT2D eigenvalue weighted by molar-refractivity contribution is -0.147. The summed E-state index contributed by atoms with van der Waals surface area (Å²) < 4.78 is 33.3. The zero-order valence-electron chi connectivity index (χ0n) is 43.8. The average Bonchev–Trinajstić information content (AvgIpc) is 3.47. The highest BCUT2D eigenvalue weighted by atomic mass is 35.5. The predicted octanol–water partition coefficient (Wildman–Crippen LogP) is 7.90. The van der Waals surface area contributed by atoms with Crippen LogP contribution in [0.25, 0.3) is 5.57 Å². The second kappa shape index (κ2) is 26.5. The second-order valence-corrected chi connectivity index (χ2v) is 21.2. The third-order valence-electron chi connectivity index (χ3n) is 11.1. The number of ether oxygens (including phenoxy) is 4. The fourth-order valence-corrected chi connectivity index (χ4v) is 7.36. The molecule has 3 aliphatic rings. The van der Waals surface area contributed by atoms with Gasteiger partial charge in [0, 0.05) is 79.1 Å². The maximum Gasteiger partial charge on any atom is 0.490 e. The number of hydrogen-bond acceptors (Lipinski definition) is 14. The van der Waals surface area contributed by atoms with Gasteiger partial charge in [0.1, 0.15) is 28.6 Å². The van der Waals surface area contributed by atoms with Crippen LogP contribution >= 0.6 is 23.2 Å². The molecule has 2 atom stereocenters. The number of amides is 4. The summed E-state index contributed by atoms with van der Waals surface area (Å²) in [6.07, 6.45) is 7.94. The predicted molar refractivity (Wildman–Crippen MR) is 271 cm³/mol. The molecule has 0 aliphatic carbocycles. The minimum Gasteiger partial charge on any atom is -0.460 e. The van der Waals surface area contributed by atoms with Crippen LogP contribution in [-0.2, 0) is 60.3 Å². The Balaban J connectivity index is 0.000000294. The number of carbonyl (C=O) groups excluding carboxylic acids is 6. The fraction of sp³-hybridized carbons (Fsp3) is 0.600. The second-order valence-electron chi connectivity index (χ2n) is 20.4. The molecular formula is C50H73BCl2N6O12. The standard InChI is InChI=1S/C22H30ClN3O5.C16H28BNO4.C12H15ClN2O3/c1-14(27)24-13-18(30-15(2)28)10-16-11-19(23)20(25-12-16)17-6-8-26(9-7-17)21(29)31-22(3,4)5;1-14(2,3)20-13(19)18-10-8-12(9-11-18)17-21-15(4,5)16(6,7)22-17;1-8(16)14-7-11(18-9(2)17)5-10-3-4-12(13)15-6-10/h6,11-12,18H,7-10,13H2,1-5H3,(H,24,27);8H,9-11H2,1-7H3;3-4,6,11H,5,7H2,1-2H3,(H,14,16)/t18-;;11-/m1.1/s1. The maximum atomic E-state index is 12.2. The van der Waals surface area contributed by atoms with Gasteiger partial charge in [0.15, 0.2) is 0 Å². The van der Waals surface area contributed by atoms with E-state index in [2.05, 4.69) is 20.6 Å². The number of carbonyl (C=O) groups is 6. The average molecular weight is 1030 g/mol. The Morgan fingerprint density at radius 1 is 0.704 bits per heavy atom. The van der Waals surface area contributed by atoms with E-state index in [1.54, 1.807) is 40.4 Å². The molecule has 71 heavy (non-hydrogen) atoms. The van der Waals surface area contributed by atoms with Crippen LogP contribution in [0.15, 0.2) is 48.2 Å². The van der Waals surface area contributed by atoms with Crippen molar-refractivity contribution < 1.29 is 57.0 Å². The van der Waals surface area contributed by atoms with Crippen LogP contribution in [0.1, 0.15) is 127 Å². The van der Waals surface area contributed by atoms with E-state index in [9.17, 15) is 28.8 Å². The van der Waals surface area contributed by atoms with Gasteiger partial charge in [-0.2, -0.15) is 0 Å². The Morgan fingerprint density at radius 2 is 1.17 bits per heavy atom. The largest absolute Gasteiger partial charge is 0.490 e. The van der Waals surface area contributed by atoms with Crippen molar-refractivity contribution in [2.24, 2.45) is 0 Å². The van der Waals surface area contributed by atoms with Crippen molar-refractivity contribution in [3.05, 3.63) is 75.2 Å². The third kappa shape index (κ3) is 21.6. The van der Waals surface area contributed by atoms with E-state index in [1.165, 1.54) is 27.7 Å². The molecule has 0 aromatic carbocycles. The minimum atomic E-state index is -0.536. The topological polar surface area (TPSA) is 214 Å². The first kappa shape index (κ1) is 60.1. The molecule has 5 heterocycles. The summed E-state index contributed by atoms with van der Waals surface area (Å²) in [6.45, 7) is 27.4. The van der Waals surface area contributed by atoms with Gasteiger partial charge in [0.05, 0.1) is 35.0 Å². The summed E-state index contributed by atoms with van der Waals surface area (Å²) in [5, 5.41) is 6.16. The van der Waals surface area contributed by atoms with Crippen molar-refractivity contribution in [3.63, 3.8) is 0 Å². The Hall–Kier alpha value is -5.24. The maximum absolute atomic E-state index is 12.2. The lowest BCUT2D eigenvalue weighted by Gasteiger charge is -2.32. The van der Waals surface area contributed by atoms with Crippen LogP contribution in [0.5, 0.6) is 0 Å². The number of nitrogens with one attached hydrogen (secondary N) is 2. The number of esters is 2. The van der Waals surface area contributed by atoms with Crippen LogP contribution in [0, 0.1) is 0 Å². The Morgan fingerprint density at radius 3 is 1.55 bits per heavy atom. The zero-order valence-corrected chi connectivity index (χ0v) is 45.3. The smallest absolute Gasteiger partial charge is 0.460 e. The van der Waals surface area contributed by atoms with Gasteiger partial charge in [0.25, 0.3) is 0 Å². The zero-order chi connectivity index (χ0) is 53.5. The molecule has 3 aliphatic heterocycles. The van der Waals surface area contributed by atoms with Crippen molar-refractivity contribution >= 4 is 71.8 Å². The molecule has 18 nitrogen and oxygen atoms in total. The quantitative estimate of drug-likeness (QED) is 0.0895. The first-order valence-corrected chi connectivity index (χ1v) is 24.4. The van der Waals surface area contributed by atoms with E-state index in [0.717, 1.165) is 28.6 Å². The Bertz CT molecular complexity index is 2230. The van der Waals surface area contributed by atoms with E-state index >= 15 is 0 Å². The summed E-state index contributed by atoms with van der Waals surface area (Å²) >= 11 is 12.2. The van der Waals surface area contributed by atoms with Crippen LogP contribution in [0.2, 0.25) is 10.2 Å². The third-order valence-corrected chi connectivity index (χ3v) is 11.6. The van der Waals surface area contributed by atoms with Crippen LogP contribution in [0.3, 0.4) is 0 Å². The van der Waals surface area contributed by atoms with E-state index in [-0.39, 0.29) is 61.4 Å². The fourth-order valence-electron chi connectivity index (χ4n) is 6.94. The van der Waals surface area contributed by atoms with Crippen molar-refractivity contribution in [1.29, 1.82) is 0 Å². The number of aromatic nitrogens is 2. The lowest BCUT2D eigenvalue weighted by atomic mass is 9.75. The van der Waals surface area contributed by atoms with E-state index in [0.29, 0.717) is 61.3 Å². The van der Waals surface area contributed by atoms with Gasteiger partial charge in [0.2, 0.25) is 11.8 Å². The molecule has 392 valence electrons. The SMILES string of the molecule is CC(=O)NC[C@@H](Cc1ccc(Cl)nc1)OC(C)=O.CC(=O)NC[C@@H](Cc1cnc(C2=CCN(C(=O)OC(C)(C)C)CC2)c(Cl)c1)OC(C)=O.CC(C)(C)OC(=O)N1CC=C(B2OC(C)(C)C(C)(C)O2)CC1. The molecule has 0 unspecified atom stereocenters. The van der Waals surface area contributed by atoms with Gasteiger partial charge in [-0.15, -0.1) is 0 Å². The molecule has 5 rings (SSSR count). The summed E-state index contributed by atoms with van der Waals surface area (Å²) in [5.74, 6) is -1.17. The van der Waals surface area contributed by atoms with Gasteiger partial charge < -0.3 is 48.7 Å². The lowest BCUT2D eigenvalue weighted by Crippen LogP contribution is -2.41. The van der Waals surface area contributed by atoms with Crippen LogP contribution in [0.4, 0.5) is 9.59 Å². The highest BCUT2D eigenvalue weighted by Gasteiger charge is 2.52. The Labute approximate surface area is 429 Å². The highest BCUT2D eigenvalue weighted by Crippen LogP contribution is 2.39. The number of rotatable bonds is 12. The molecular weight excluding hydrogens is 958 g/mol. The molecule has 0 spiro atoms. The van der Waals surface area contributed by atoms with Gasteiger partial charge >= 0.3 is 31.2 Å². The van der Waals surface area contributed by atoms with Gasteiger partial charge in [-0.25, -0.2) is 14.6 Å². The monoisotopic (exact) mass is 1030 g/mol. The number of nitrogens with zero attached hydrogens (tertiary/aromatic N) is 4. The first-order chi connectivity index (χ1) is 32.8. The van der Waals surface area contributed by atoms with Gasteiger partial charge in [-0.3, -0.25) is 24.2 Å². The summed E-state index contributed by atoms with van der Waals surface area (Å²) in [4.78, 5) is 80.4. The normalized spacial score (nSPS) is 17.0. The van der Waals surface area contributed by atoms with Crippen molar-refractivity contribution in [1.82, 2.24) is 30.4 Å². The molecule has 2 aromatic heterocycles. The molecule has 21 heteroatoms. The Kier molecular flexibility index (Phi) is 22.4. The molecule has 1 fully saturated rings. The van der Waals surface area contributed by atoms with Gasteiger partial charge in [-0.1, -0.05) is 41.4 Å². The number of hydrogen-bond donors (Lipinski definition) is 2. The molecule has 0 radical (unpaired) electrons. The number of pyridine rings is 2. The van der Waals surface area contributed by atoms with E-state index in [4.69, 9.17) is 51.5 Å². The summed E-state index contributed by atoms with van der Waals surface area (Å²) in [5.41, 5.74) is 2.75. The summed E-state index contributed by atoms with van der Waals surface area (Å²) in [7, 11) is -0.314.